The number of aromatic nitrogens is 4. The van der Waals surface area contributed by atoms with Gasteiger partial charge in [-0.3, -0.25) is 4.40 Å². The number of benzene rings is 1. The van der Waals surface area contributed by atoms with Gasteiger partial charge in [-0.15, -0.1) is 0 Å². The Morgan fingerprint density at radius 2 is 2.19 bits per heavy atom. The monoisotopic (exact) mass is 363 g/mol. The first-order chi connectivity index (χ1) is 13.1. The van der Waals surface area contributed by atoms with Gasteiger partial charge in [0.2, 0.25) is 0 Å². The van der Waals surface area contributed by atoms with Crippen LogP contribution in [0.25, 0.3) is 27.8 Å². The first kappa shape index (κ1) is 17.4. The number of nitrogens with two attached hydrogens (primary N) is 1. The van der Waals surface area contributed by atoms with E-state index in [1.54, 1.807) is 12.3 Å². The summed E-state index contributed by atoms with van der Waals surface area (Å²) in [7, 11) is 0. The number of hydrogen-bond donors (Lipinski definition) is 3. The number of fused-ring (bicyclic) bond motifs is 2. The van der Waals surface area contributed by atoms with Gasteiger partial charge in [-0.05, 0) is 24.5 Å². The van der Waals surface area contributed by atoms with Crippen molar-refractivity contribution in [2.75, 3.05) is 5.73 Å². The summed E-state index contributed by atoms with van der Waals surface area (Å²) in [4.78, 5) is 12.4. The molecule has 0 unspecified atom stereocenters. The molecule has 4 rings (SSSR count). The summed E-state index contributed by atoms with van der Waals surface area (Å²) in [5.41, 5.74) is 9.31. The molecule has 0 saturated carbocycles. The zero-order chi connectivity index (χ0) is 19.0. The Labute approximate surface area is 158 Å². The maximum Gasteiger partial charge on any atom is 0.150 e. The van der Waals surface area contributed by atoms with Crippen molar-refractivity contribution in [3.05, 3.63) is 42.5 Å². The average molecular weight is 363 g/mol. The zero-order valence-electron chi connectivity index (χ0n) is 15.7. The lowest BCUT2D eigenvalue weighted by Crippen LogP contribution is -2.00. The van der Waals surface area contributed by atoms with Crippen LogP contribution in [0.3, 0.4) is 0 Å². The minimum Gasteiger partial charge on any atom is -0.506 e. The van der Waals surface area contributed by atoms with E-state index in [1.807, 2.05) is 28.8 Å². The van der Waals surface area contributed by atoms with E-state index in [-0.39, 0.29) is 5.75 Å². The number of aryl methyl sites for hydroxylation is 1. The predicted molar refractivity (Wildman–Crippen MR) is 109 cm³/mol. The molecule has 6 nitrogen and oxygen atoms in total. The second-order valence-electron chi connectivity index (χ2n) is 7.24. The molecule has 1 aromatic carbocycles. The fraction of sp³-hybridized carbons (Fsp3) is 0.333. The van der Waals surface area contributed by atoms with Crippen LogP contribution in [0.1, 0.15) is 38.9 Å². The highest BCUT2D eigenvalue weighted by Crippen LogP contribution is 2.33. The Bertz CT molecular complexity index is 1090. The summed E-state index contributed by atoms with van der Waals surface area (Å²) in [5.74, 6) is 2.39. The average Bonchev–Trinajstić information content (AvgIpc) is 3.25. The highest BCUT2D eigenvalue weighted by atomic mass is 16.3. The van der Waals surface area contributed by atoms with Gasteiger partial charge in [-0.2, -0.15) is 0 Å². The van der Waals surface area contributed by atoms with Crippen LogP contribution in [0, 0.1) is 5.92 Å². The number of nitrogens with one attached hydrogen (secondary N) is 1. The highest BCUT2D eigenvalue weighted by molar-refractivity contribution is 5.93. The molecule has 1 atom stereocenters. The van der Waals surface area contributed by atoms with Crippen LogP contribution in [-0.2, 0) is 6.42 Å². The third kappa shape index (κ3) is 3.12. The molecule has 27 heavy (non-hydrogen) atoms. The lowest BCUT2D eigenvalue weighted by molar-refractivity contribution is 0.480. The predicted octanol–water partition coefficient (Wildman–Crippen LogP) is 4.53. The quantitative estimate of drug-likeness (QED) is 0.469. The third-order valence-corrected chi connectivity index (χ3v) is 5.34. The molecule has 0 radical (unpaired) electrons. The summed E-state index contributed by atoms with van der Waals surface area (Å²) in [5, 5.41) is 11.0. The minimum atomic E-state index is 0.224. The van der Waals surface area contributed by atoms with Gasteiger partial charge in [0.05, 0.1) is 11.2 Å². The Hall–Kier alpha value is -3.02. The summed E-state index contributed by atoms with van der Waals surface area (Å²) >= 11 is 0. The van der Waals surface area contributed by atoms with Gasteiger partial charge in [0.25, 0.3) is 0 Å². The number of aromatic amines is 1. The summed E-state index contributed by atoms with van der Waals surface area (Å²) in [6.07, 6.45) is 7.98. The van der Waals surface area contributed by atoms with E-state index in [0.717, 1.165) is 46.9 Å². The molecular formula is C21H25N5O. The van der Waals surface area contributed by atoms with E-state index in [1.165, 1.54) is 12.8 Å². The van der Waals surface area contributed by atoms with Crippen molar-refractivity contribution in [1.82, 2.24) is 19.4 Å². The number of anilines is 1. The van der Waals surface area contributed by atoms with E-state index >= 15 is 0 Å². The zero-order valence-corrected chi connectivity index (χ0v) is 15.7. The molecule has 0 aliphatic carbocycles. The Morgan fingerprint density at radius 1 is 1.33 bits per heavy atom. The van der Waals surface area contributed by atoms with Crippen molar-refractivity contribution in [2.24, 2.45) is 5.92 Å². The molecule has 4 aromatic rings. The normalized spacial score (nSPS) is 12.8. The molecule has 0 bridgehead atoms. The van der Waals surface area contributed by atoms with Crippen molar-refractivity contribution >= 4 is 22.2 Å². The van der Waals surface area contributed by atoms with Gasteiger partial charge in [0.1, 0.15) is 28.6 Å². The fourth-order valence-electron chi connectivity index (χ4n) is 3.57. The highest BCUT2D eigenvalue weighted by Gasteiger charge is 2.18. The molecule has 6 heteroatoms. The van der Waals surface area contributed by atoms with Gasteiger partial charge < -0.3 is 15.8 Å². The first-order valence-electron chi connectivity index (χ1n) is 9.51. The molecule has 0 amide bonds. The standard InChI is InChI=1S/C21H25N5O/c1-3-13(2)6-4-9-17-25-19(20-21(22)23-10-11-26(17)20)15-12-14-7-5-8-16(27)18(14)24-15/h5,7-8,10-13,24,27H,3-4,6,9H2,1-2H3,(H2,22,23)/t13-/m1/s1. The van der Waals surface area contributed by atoms with Gasteiger partial charge in [0, 0.05) is 24.2 Å². The number of aromatic hydroxyl groups is 1. The topological polar surface area (TPSA) is 92.2 Å². The molecule has 0 fully saturated rings. The first-order valence-corrected chi connectivity index (χ1v) is 9.51. The van der Waals surface area contributed by atoms with Gasteiger partial charge in [-0.1, -0.05) is 38.8 Å². The number of nitrogens with zero attached hydrogens (tertiary/aromatic N) is 3. The van der Waals surface area contributed by atoms with Crippen molar-refractivity contribution in [3.63, 3.8) is 0 Å². The van der Waals surface area contributed by atoms with E-state index in [9.17, 15) is 5.11 Å². The lowest BCUT2D eigenvalue weighted by Gasteiger charge is -2.07. The van der Waals surface area contributed by atoms with Crippen molar-refractivity contribution in [2.45, 2.75) is 39.5 Å². The number of imidazole rings is 1. The van der Waals surface area contributed by atoms with Crippen LogP contribution in [0.5, 0.6) is 5.75 Å². The van der Waals surface area contributed by atoms with Crippen molar-refractivity contribution in [3.8, 4) is 17.1 Å². The van der Waals surface area contributed by atoms with Crippen molar-refractivity contribution < 1.29 is 5.11 Å². The number of phenols is 1. The molecule has 4 N–H and O–H groups in total. The molecule has 0 spiro atoms. The van der Waals surface area contributed by atoms with E-state index < -0.39 is 0 Å². The second kappa shape index (κ2) is 6.95. The smallest absolute Gasteiger partial charge is 0.150 e. The molecule has 0 saturated heterocycles. The summed E-state index contributed by atoms with van der Waals surface area (Å²) in [6.45, 7) is 4.51. The summed E-state index contributed by atoms with van der Waals surface area (Å²) in [6, 6.07) is 7.45. The number of rotatable bonds is 6. The molecule has 3 aromatic heterocycles. The third-order valence-electron chi connectivity index (χ3n) is 5.34. The van der Waals surface area contributed by atoms with Crippen molar-refractivity contribution in [1.29, 1.82) is 0 Å². The maximum atomic E-state index is 10.1. The second-order valence-corrected chi connectivity index (χ2v) is 7.24. The molecular weight excluding hydrogens is 338 g/mol. The minimum absolute atomic E-state index is 0.224. The van der Waals surface area contributed by atoms with E-state index in [0.29, 0.717) is 11.3 Å². The molecule has 140 valence electrons. The Balaban J connectivity index is 1.79. The van der Waals surface area contributed by atoms with Gasteiger partial charge in [-0.25, -0.2) is 9.97 Å². The molecule has 0 aliphatic heterocycles. The van der Waals surface area contributed by atoms with E-state index in [2.05, 4.69) is 23.8 Å². The Kier molecular flexibility index (Phi) is 4.48. The number of nitrogen functional groups attached to an aromatic ring is 1. The lowest BCUT2D eigenvalue weighted by atomic mass is 10.0. The SMILES string of the molecule is CC[C@@H](C)CCCc1nc(-c2cc3cccc(O)c3[nH]2)c2c(N)nccn12. The van der Waals surface area contributed by atoms with Crippen LogP contribution in [-0.4, -0.2) is 24.5 Å². The van der Waals surface area contributed by atoms with Gasteiger partial charge >= 0.3 is 0 Å². The van der Waals surface area contributed by atoms with Gasteiger partial charge in [0.15, 0.2) is 0 Å². The van der Waals surface area contributed by atoms with Crippen LogP contribution >= 0.6 is 0 Å². The number of hydrogen-bond acceptors (Lipinski definition) is 4. The fourth-order valence-corrected chi connectivity index (χ4v) is 3.57. The Morgan fingerprint density at radius 3 is 2.96 bits per heavy atom. The number of H-pyrrole nitrogens is 1. The van der Waals surface area contributed by atoms with Crippen LogP contribution in [0.2, 0.25) is 0 Å². The number of para-hydroxylation sites is 1. The molecule has 0 aliphatic rings. The van der Waals surface area contributed by atoms with Crippen LogP contribution in [0.15, 0.2) is 36.7 Å². The maximum absolute atomic E-state index is 10.1. The van der Waals surface area contributed by atoms with Crippen LogP contribution < -0.4 is 5.73 Å². The largest absolute Gasteiger partial charge is 0.506 e. The van der Waals surface area contributed by atoms with Crippen LogP contribution in [0.4, 0.5) is 5.82 Å². The molecule has 3 heterocycles. The number of phenolic OH excluding ortho intramolecular Hbond substituents is 1. The summed E-state index contributed by atoms with van der Waals surface area (Å²) < 4.78 is 2.04. The van der Waals surface area contributed by atoms with E-state index in [4.69, 9.17) is 10.7 Å².